The lowest BCUT2D eigenvalue weighted by Gasteiger charge is -2.54. The lowest BCUT2D eigenvalue weighted by molar-refractivity contribution is -0.571. The van der Waals surface area contributed by atoms with Crippen molar-refractivity contribution in [3.63, 3.8) is 0 Å². The smallest absolute Gasteiger partial charge is 0.245 e. The first-order valence-corrected chi connectivity index (χ1v) is 12.1. The molecule has 2 saturated heterocycles. The Balaban J connectivity index is 2.82. The molecule has 0 saturated carbocycles. The van der Waals surface area contributed by atoms with Gasteiger partial charge in [-0.3, -0.25) is 0 Å². The summed E-state index contributed by atoms with van der Waals surface area (Å²) >= 11 is 0. The summed E-state index contributed by atoms with van der Waals surface area (Å²) in [4.78, 5) is -10.9. The third kappa shape index (κ3) is 5.15. The molecule has 0 spiro atoms. The van der Waals surface area contributed by atoms with Crippen molar-refractivity contribution in [3.8, 4) is 0 Å². The van der Waals surface area contributed by atoms with Crippen molar-refractivity contribution in [1.29, 1.82) is 0 Å². The van der Waals surface area contributed by atoms with Gasteiger partial charge in [0, 0.05) is 0 Å². The molecule has 0 amide bonds. The highest BCUT2D eigenvalue weighted by Gasteiger charge is 3.03. The maximum Gasteiger partial charge on any atom is 0.430 e. The summed E-state index contributed by atoms with van der Waals surface area (Å²) in [6.07, 6.45) is -19.0. The average molecular weight is 944 g/mol. The van der Waals surface area contributed by atoms with Crippen molar-refractivity contribution in [3.05, 3.63) is 0 Å². The summed E-state index contributed by atoms with van der Waals surface area (Å²) in [5.74, 6) is -91.1. The Bertz CT molecular complexity index is 1400. The molecule has 0 aromatic heterocycles. The van der Waals surface area contributed by atoms with Crippen LogP contribution < -0.4 is 0 Å². The lowest BCUT2D eigenvalue weighted by atomic mass is 9.91. The largest absolute Gasteiger partial charge is 0.430 e. The highest BCUT2D eigenvalue weighted by molar-refractivity contribution is 5.20. The van der Waals surface area contributed by atoms with E-state index in [-0.39, 0.29) is 0 Å². The van der Waals surface area contributed by atoms with E-state index >= 15 is 0 Å². The molecule has 2 aliphatic heterocycles. The van der Waals surface area contributed by atoms with Gasteiger partial charge in [-0.05, 0) is 0 Å². The number of hydrogen-bond acceptors (Lipinski definition) is 3. The fourth-order valence-corrected chi connectivity index (χ4v) is 4.08. The molecule has 0 aliphatic carbocycles. The number of ether oxygens (including phenoxy) is 1. The first-order valence-electron chi connectivity index (χ1n) is 12.1. The minimum Gasteiger partial charge on any atom is -0.245 e. The number of piperidine rings is 2. The van der Waals surface area contributed by atoms with Crippen LogP contribution in [0.4, 0.5) is 158 Å². The van der Waals surface area contributed by atoms with E-state index in [0.717, 1.165) is 0 Å². The second-order valence-electron chi connectivity index (χ2n) is 10.8. The molecule has 0 aromatic carbocycles. The van der Waals surface area contributed by atoms with E-state index < -0.39 is 118 Å². The summed E-state index contributed by atoms with van der Waals surface area (Å²) in [7, 11) is 0. The highest BCUT2D eigenvalue weighted by Crippen LogP contribution is 2.71. The van der Waals surface area contributed by atoms with E-state index in [1.807, 2.05) is 0 Å². The lowest BCUT2D eigenvalue weighted by Crippen LogP contribution is -2.87. The van der Waals surface area contributed by atoms with Gasteiger partial charge in [0.1, 0.15) is 0 Å². The van der Waals surface area contributed by atoms with Gasteiger partial charge in [-0.2, -0.15) is 158 Å². The fourth-order valence-electron chi connectivity index (χ4n) is 4.08. The van der Waals surface area contributed by atoms with Gasteiger partial charge in [0.05, 0.1) is 0 Å². The Kier molecular flexibility index (Phi) is 10.3. The van der Waals surface area contributed by atoms with Crippen molar-refractivity contribution < 1.29 is 163 Å². The van der Waals surface area contributed by atoms with E-state index in [1.165, 1.54) is 0 Å². The third-order valence-corrected chi connectivity index (χ3v) is 7.31. The quantitative estimate of drug-likeness (QED) is 0.160. The number of nitrogens with zero attached hydrogens (tertiary/aromatic N) is 2. The molecule has 57 heavy (non-hydrogen) atoms. The first kappa shape index (κ1) is 50.5. The van der Waals surface area contributed by atoms with E-state index in [0.29, 0.717) is 4.74 Å². The van der Waals surface area contributed by atoms with Gasteiger partial charge in [-0.25, -0.2) is 4.74 Å². The molecule has 39 heteroatoms. The molecule has 0 aromatic rings. The normalized spacial score (nSPS) is 27.6. The van der Waals surface area contributed by atoms with Crippen molar-refractivity contribution in [1.82, 2.24) is 9.80 Å². The van der Waals surface area contributed by atoms with Gasteiger partial charge in [0.2, 0.25) is 0 Å². The Morgan fingerprint density at radius 1 is 0.246 bits per heavy atom. The molecule has 0 unspecified atom stereocenters. The SMILES string of the molecule is FC(F)(OC(F)(F)C(F)(F)C(F)(F)C(F)(F)N1C(F)(F)C(F)(F)C(F)(F)C(F)(F)C1(F)F)C(F)(F)C(F)(F)C(F)(F)N1C(F)(F)C(F)(F)C(F)(F)C(F)(F)C1(F)F. The van der Waals surface area contributed by atoms with Crippen LogP contribution in [0.25, 0.3) is 0 Å². The molecule has 0 N–H and O–H groups in total. The van der Waals surface area contributed by atoms with Crippen LogP contribution in [0.3, 0.4) is 0 Å². The Morgan fingerprint density at radius 2 is 0.404 bits per heavy atom. The second kappa shape index (κ2) is 11.6. The van der Waals surface area contributed by atoms with Gasteiger partial charge in [-0.15, -0.1) is 9.80 Å². The van der Waals surface area contributed by atoms with Crippen LogP contribution in [-0.4, -0.2) is 118 Å². The predicted molar refractivity (Wildman–Crippen MR) is 93.8 cm³/mol. The maximum atomic E-state index is 14.1. The summed E-state index contributed by atoms with van der Waals surface area (Å²) in [5, 5.41) is 0. The molecule has 2 heterocycles. The highest BCUT2D eigenvalue weighted by atomic mass is 19.4. The summed E-state index contributed by atoms with van der Waals surface area (Å²) < 4.78 is 494. The molecule has 340 valence electrons. The standard InChI is InChI=1S/C18F36N2O/c19-1(20)3(23,24)11(39,40)55(12(41,42)4(1,25)26)15(47,48)7(31,32)9(35,36)17(51,52)57-18(53,54)10(37,38)8(33,34)16(49,50)56-13(43,44)5(27,28)2(21,22)6(29,30)14(56,45)46. The number of rotatable bonds is 10. The number of likely N-dealkylation sites (tertiary alicyclic amines) is 2. The van der Waals surface area contributed by atoms with Crippen LogP contribution in [0.1, 0.15) is 0 Å². The van der Waals surface area contributed by atoms with Gasteiger partial charge in [0.15, 0.2) is 0 Å². The Labute approximate surface area is 282 Å². The fraction of sp³-hybridized carbons (Fsp3) is 1.00. The van der Waals surface area contributed by atoms with Gasteiger partial charge in [-0.1, -0.05) is 0 Å². The molecule has 2 aliphatic rings. The second-order valence-corrected chi connectivity index (χ2v) is 10.8. The molecule has 0 bridgehead atoms. The average Bonchev–Trinajstić information content (AvgIpc) is 2.93. The number of hydrogen-bond donors (Lipinski definition) is 0. The van der Waals surface area contributed by atoms with Crippen molar-refractivity contribution >= 4 is 0 Å². The monoisotopic (exact) mass is 944 g/mol. The minimum atomic E-state index is -9.83. The third-order valence-electron chi connectivity index (χ3n) is 7.31. The van der Waals surface area contributed by atoms with Crippen molar-refractivity contribution in [2.45, 2.75) is 108 Å². The summed E-state index contributed by atoms with van der Waals surface area (Å²) in [6, 6.07) is -55.1. The Hall–Kier alpha value is -2.64. The molecule has 2 fully saturated rings. The molecular weight excluding hydrogens is 944 g/mol. The van der Waals surface area contributed by atoms with Crippen LogP contribution in [0.15, 0.2) is 0 Å². The molecule has 0 atom stereocenters. The first-order chi connectivity index (χ1) is 23.9. The van der Waals surface area contributed by atoms with Gasteiger partial charge >= 0.3 is 108 Å². The zero-order chi connectivity index (χ0) is 46.9. The maximum absolute atomic E-state index is 14.1. The van der Waals surface area contributed by atoms with Crippen LogP contribution >= 0.6 is 0 Å². The van der Waals surface area contributed by atoms with Crippen LogP contribution in [0.2, 0.25) is 0 Å². The van der Waals surface area contributed by atoms with Crippen LogP contribution in [0, 0.1) is 0 Å². The van der Waals surface area contributed by atoms with E-state index in [2.05, 4.69) is 0 Å². The molecule has 2 rings (SSSR count). The van der Waals surface area contributed by atoms with E-state index in [1.54, 1.807) is 0 Å². The van der Waals surface area contributed by atoms with E-state index in [9.17, 15) is 158 Å². The van der Waals surface area contributed by atoms with Gasteiger partial charge in [0.25, 0.3) is 0 Å². The summed E-state index contributed by atoms with van der Waals surface area (Å²) in [5.41, 5.74) is 0. The van der Waals surface area contributed by atoms with E-state index in [4.69, 9.17) is 0 Å². The van der Waals surface area contributed by atoms with Crippen molar-refractivity contribution in [2.24, 2.45) is 0 Å². The Morgan fingerprint density at radius 3 is 0.561 bits per heavy atom. The van der Waals surface area contributed by atoms with Gasteiger partial charge < -0.3 is 0 Å². The number of alkyl halides is 36. The predicted octanol–water partition coefficient (Wildman–Crippen LogP) is 10.7. The number of halogens is 36. The summed E-state index contributed by atoms with van der Waals surface area (Å²) in [6.45, 7) is 0. The van der Waals surface area contributed by atoms with Crippen LogP contribution in [-0.2, 0) is 4.74 Å². The molecular formula is C18F36N2O. The zero-order valence-corrected chi connectivity index (χ0v) is 23.9. The molecule has 0 radical (unpaired) electrons. The van der Waals surface area contributed by atoms with Crippen LogP contribution in [0.5, 0.6) is 0 Å². The topological polar surface area (TPSA) is 15.7 Å². The minimum absolute atomic E-state index is 0.517. The van der Waals surface area contributed by atoms with Crippen molar-refractivity contribution in [2.75, 3.05) is 0 Å². The zero-order valence-electron chi connectivity index (χ0n) is 23.9. The molecule has 3 nitrogen and oxygen atoms in total.